The van der Waals surface area contributed by atoms with Crippen molar-refractivity contribution >= 4 is 17.6 Å². The number of amides is 3. The number of nitrogens with zero attached hydrogens (tertiary/aromatic N) is 1. The number of rotatable bonds is 5. The number of carbonyl (C=O) groups excluding carboxylic acids is 2. The molecule has 1 aromatic carbocycles. The third-order valence-corrected chi connectivity index (χ3v) is 3.29. The first kappa shape index (κ1) is 16.0. The van der Waals surface area contributed by atoms with Crippen LogP contribution in [0.2, 0.25) is 0 Å². The average Bonchev–Trinajstić information content (AvgIpc) is 2.46. The highest BCUT2D eigenvalue weighted by atomic mass is 16.2. The number of urea groups is 1. The van der Waals surface area contributed by atoms with E-state index in [0.29, 0.717) is 11.3 Å². The monoisotopic (exact) mass is 277 g/mol. The van der Waals surface area contributed by atoms with Crippen LogP contribution < -0.4 is 10.6 Å². The topological polar surface area (TPSA) is 61.4 Å². The Morgan fingerprint density at radius 2 is 2.05 bits per heavy atom. The smallest absolute Gasteiger partial charge is 0.321 e. The molecule has 0 radical (unpaired) electrons. The number of anilines is 1. The lowest BCUT2D eigenvalue weighted by Crippen LogP contribution is -2.38. The summed E-state index contributed by atoms with van der Waals surface area (Å²) in [6, 6.07) is 6.90. The minimum absolute atomic E-state index is 0.167. The SMILES string of the molecule is CCCC(C)N(C)C(=O)Nc1cccc(C(=O)NC)c1. The van der Waals surface area contributed by atoms with E-state index in [1.54, 1.807) is 43.3 Å². The van der Waals surface area contributed by atoms with E-state index in [-0.39, 0.29) is 18.0 Å². The molecule has 0 aliphatic heterocycles. The fraction of sp³-hybridized carbons (Fsp3) is 0.467. The van der Waals surface area contributed by atoms with E-state index in [2.05, 4.69) is 17.6 Å². The first-order valence-corrected chi connectivity index (χ1v) is 6.85. The van der Waals surface area contributed by atoms with Gasteiger partial charge in [-0.25, -0.2) is 4.79 Å². The third kappa shape index (κ3) is 4.26. The molecule has 1 atom stereocenters. The van der Waals surface area contributed by atoms with Crippen LogP contribution in [0.4, 0.5) is 10.5 Å². The van der Waals surface area contributed by atoms with Gasteiger partial charge in [0.15, 0.2) is 0 Å². The Hall–Kier alpha value is -2.04. The second-order valence-electron chi connectivity index (χ2n) is 4.84. The molecule has 20 heavy (non-hydrogen) atoms. The molecular formula is C15H23N3O2. The summed E-state index contributed by atoms with van der Waals surface area (Å²) in [5.41, 5.74) is 1.14. The first-order valence-electron chi connectivity index (χ1n) is 6.85. The molecule has 110 valence electrons. The predicted molar refractivity (Wildman–Crippen MR) is 81.0 cm³/mol. The second-order valence-corrected chi connectivity index (χ2v) is 4.84. The molecule has 2 N–H and O–H groups in total. The lowest BCUT2D eigenvalue weighted by atomic mass is 10.2. The van der Waals surface area contributed by atoms with Crippen LogP contribution in [0.15, 0.2) is 24.3 Å². The number of hydrogen-bond donors (Lipinski definition) is 2. The van der Waals surface area contributed by atoms with Gasteiger partial charge in [0.1, 0.15) is 0 Å². The fourth-order valence-electron chi connectivity index (χ4n) is 1.91. The zero-order chi connectivity index (χ0) is 15.1. The van der Waals surface area contributed by atoms with Gasteiger partial charge in [-0.15, -0.1) is 0 Å². The van der Waals surface area contributed by atoms with Gasteiger partial charge < -0.3 is 15.5 Å². The summed E-state index contributed by atoms with van der Waals surface area (Å²) < 4.78 is 0. The normalized spacial score (nSPS) is 11.6. The lowest BCUT2D eigenvalue weighted by Gasteiger charge is -2.25. The Balaban J connectivity index is 2.73. The van der Waals surface area contributed by atoms with Crippen molar-refractivity contribution in [2.24, 2.45) is 0 Å². The summed E-state index contributed by atoms with van der Waals surface area (Å²) in [5, 5.41) is 5.36. The van der Waals surface area contributed by atoms with Crippen molar-refractivity contribution in [2.45, 2.75) is 32.7 Å². The number of hydrogen-bond acceptors (Lipinski definition) is 2. The van der Waals surface area contributed by atoms with Crippen molar-refractivity contribution in [3.8, 4) is 0 Å². The van der Waals surface area contributed by atoms with E-state index in [4.69, 9.17) is 0 Å². The summed E-state index contributed by atoms with van der Waals surface area (Å²) in [6.45, 7) is 4.11. The summed E-state index contributed by atoms with van der Waals surface area (Å²) in [7, 11) is 3.35. The molecule has 1 aromatic rings. The molecule has 0 aliphatic rings. The van der Waals surface area contributed by atoms with Crippen LogP contribution in [0.1, 0.15) is 37.0 Å². The summed E-state index contributed by atoms with van der Waals surface area (Å²) >= 11 is 0. The maximum absolute atomic E-state index is 12.1. The van der Waals surface area contributed by atoms with Gasteiger partial charge >= 0.3 is 6.03 Å². The van der Waals surface area contributed by atoms with E-state index in [9.17, 15) is 9.59 Å². The van der Waals surface area contributed by atoms with Gasteiger partial charge in [0.25, 0.3) is 5.91 Å². The molecular weight excluding hydrogens is 254 g/mol. The van der Waals surface area contributed by atoms with E-state index in [0.717, 1.165) is 12.8 Å². The second kappa shape index (κ2) is 7.53. The van der Waals surface area contributed by atoms with Crippen molar-refractivity contribution < 1.29 is 9.59 Å². The molecule has 1 rings (SSSR count). The third-order valence-electron chi connectivity index (χ3n) is 3.29. The predicted octanol–water partition coefficient (Wildman–Crippen LogP) is 2.70. The van der Waals surface area contributed by atoms with Crippen LogP contribution in [0.25, 0.3) is 0 Å². The number of benzene rings is 1. The molecule has 0 saturated heterocycles. The molecule has 0 aliphatic carbocycles. The molecule has 3 amide bonds. The quantitative estimate of drug-likeness (QED) is 0.869. The molecule has 0 spiro atoms. The Morgan fingerprint density at radius 3 is 2.65 bits per heavy atom. The molecule has 5 heteroatoms. The van der Waals surface area contributed by atoms with Gasteiger partial charge in [-0.2, -0.15) is 0 Å². The highest BCUT2D eigenvalue weighted by Crippen LogP contribution is 2.12. The molecule has 0 fully saturated rings. The Kier molecular flexibility index (Phi) is 6.03. The molecule has 0 aromatic heterocycles. The zero-order valence-electron chi connectivity index (χ0n) is 12.6. The minimum atomic E-state index is -0.172. The number of carbonyl (C=O) groups is 2. The van der Waals surface area contributed by atoms with Crippen molar-refractivity contribution in [1.82, 2.24) is 10.2 Å². The minimum Gasteiger partial charge on any atom is -0.355 e. The van der Waals surface area contributed by atoms with Gasteiger partial charge in [0, 0.05) is 31.4 Å². The van der Waals surface area contributed by atoms with Crippen LogP contribution in [-0.2, 0) is 0 Å². The zero-order valence-corrected chi connectivity index (χ0v) is 12.6. The van der Waals surface area contributed by atoms with Crippen molar-refractivity contribution in [2.75, 3.05) is 19.4 Å². The van der Waals surface area contributed by atoms with Gasteiger partial charge in [-0.05, 0) is 31.5 Å². The van der Waals surface area contributed by atoms with Gasteiger partial charge in [-0.3, -0.25) is 4.79 Å². The van der Waals surface area contributed by atoms with Gasteiger partial charge in [0.2, 0.25) is 0 Å². The van der Waals surface area contributed by atoms with E-state index in [1.807, 2.05) is 6.92 Å². The maximum atomic E-state index is 12.1. The first-order chi connectivity index (χ1) is 9.49. The Morgan fingerprint density at radius 1 is 1.35 bits per heavy atom. The van der Waals surface area contributed by atoms with Gasteiger partial charge in [-0.1, -0.05) is 19.4 Å². The summed E-state index contributed by atoms with van der Waals surface area (Å²) in [5.74, 6) is -0.172. The molecule has 1 unspecified atom stereocenters. The van der Waals surface area contributed by atoms with E-state index >= 15 is 0 Å². The van der Waals surface area contributed by atoms with Crippen molar-refractivity contribution in [3.63, 3.8) is 0 Å². The maximum Gasteiger partial charge on any atom is 0.321 e. The van der Waals surface area contributed by atoms with Gasteiger partial charge in [0.05, 0.1) is 0 Å². The Labute approximate surface area is 120 Å². The average molecular weight is 277 g/mol. The molecule has 0 saturated carbocycles. The standard InChI is InChI=1S/C15H23N3O2/c1-5-7-11(2)18(4)15(20)17-13-9-6-8-12(10-13)14(19)16-3/h6,8-11H,5,7H2,1-4H3,(H,16,19)(H,17,20). The van der Waals surface area contributed by atoms with Crippen molar-refractivity contribution in [1.29, 1.82) is 0 Å². The van der Waals surface area contributed by atoms with Crippen molar-refractivity contribution in [3.05, 3.63) is 29.8 Å². The molecule has 5 nitrogen and oxygen atoms in total. The lowest BCUT2D eigenvalue weighted by molar-refractivity contribution is 0.0963. The van der Waals surface area contributed by atoms with Crippen LogP contribution in [0, 0.1) is 0 Å². The highest BCUT2D eigenvalue weighted by Gasteiger charge is 2.15. The Bertz CT molecular complexity index is 474. The van der Waals surface area contributed by atoms with Crippen LogP contribution in [0.3, 0.4) is 0 Å². The number of nitrogens with one attached hydrogen (secondary N) is 2. The van der Waals surface area contributed by atoms with Crippen LogP contribution >= 0.6 is 0 Å². The van der Waals surface area contributed by atoms with E-state index < -0.39 is 0 Å². The van der Waals surface area contributed by atoms with Crippen LogP contribution in [-0.4, -0.2) is 37.0 Å². The summed E-state index contributed by atoms with van der Waals surface area (Å²) in [4.78, 5) is 25.3. The summed E-state index contributed by atoms with van der Waals surface area (Å²) in [6.07, 6.45) is 1.99. The highest BCUT2D eigenvalue weighted by molar-refractivity contribution is 5.96. The van der Waals surface area contributed by atoms with Crippen LogP contribution in [0.5, 0.6) is 0 Å². The largest absolute Gasteiger partial charge is 0.355 e. The fourth-order valence-corrected chi connectivity index (χ4v) is 1.91. The molecule has 0 bridgehead atoms. The van der Waals surface area contributed by atoms with E-state index in [1.165, 1.54) is 0 Å². The molecule has 0 heterocycles.